The molecule has 0 heterocycles. The third kappa shape index (κ3) is 19.6. The molecule has 0 saturated heterocycles. The van der Waals surface area contributed by atoms with E-state index >= 15 is 0 Å². The number of aliphatic hydroxyl groups is 2. The molecule has 0 aliphatic heterocycles. The Morgan fingerprint density at radius 1 is 0.880 bits per heavy atom. The number of carbonyl (C=O) groups is 2. The van der Waals surface area contributed by atoms with Gasteiger partial charge in [0.05, 0.1) is 12.2 Å². The van der Waals surface area contributed by atoms with Crippen LogP contribution in [0, 0.1) is 13.8 Å². The topological polar surface area (TPSA) is 93.1 Å². The van der Waals surface area contributed by atoms with E-state index in [0.717, 1.165) is 0 Å². The van der Waals surface area contributed by atoms with Gasteiger partial charge in [0.2, 0.25) is 0 Å². The molecule has 0 aliphatic carbocycles. The Hall–Kier alpha value is -0.556. The predicted molar refractivity (Wildman–Crippen MR) is 92.7 cm³/mol. The first kappa shape index (κ1) is 29.2. The Labute approximate surface area is 176 Å². The fourth-order valence-electron chi connectivity index (χ4n) is 1.23. The summed E-state index contributed by atoms with van der Waals surface area (Å²) in [6.45, 7) is 17.1. The Morgan fingerprint density at radius 3 is 1.36 bits per heavy atom. The normalized spacial score (nSPS) is 11.8. The van der Waals surface area contributed by atoms with E-state index in [-0.39, 0.29) is 45.9 Å². The van der Waals surface area contributed by atoms with Crippen molar-refractivity contribution < 1.29 is 62.0 Å². The smallest absolute Gasteiger partial charge is 0.333 e. The van der Waals surface area contributed by atoms with E-state index in [1.165, 1.54) is 0 Å². The van der Waals surface area contributed by atoms with Crippen LogP contribution < -0.4 is 0 Å². The van der Waals surface area contributed by atoms with Crippen molar-refractivity contribution in [2.45, 2.75) is 51.7 Å². The number of carbonyl (C=O) groups excluding carboxylic acids is 2. The number of esters is 2. The fourth-order valence-corrected chi connectivity index (χ4v) is 1.23. The van der Waals surface area contributed by atoms with Crippen LogP contribution in [0.1, 0.15) is 39.5 Å². The van der Waals surface area contributed by atoms with Gasteiger partial charge in [-0.25, -0.2) is 9.59 Å². The van der Waals surface area contributed by atoms with Crippen LogP contribution in [0.3, 0.4) is 0 Å². The van der Waals surface area contributed by atoms with E-state index < -0.39 is 24.1 Å². The number of hydrogen-bond donors (Lipinski definition) is 2. The SMILES string of the molecule is C=C(C)C(=O)OCC(O)CC[CH2-].C=C(C)C(=O)OCC(O)CC[CH2-].[Y]. The summed E-state index contributed by atoms with van der Waals surface area (Å²) in [5.41, 5.74) is 0.689. The summed E-state index contributed by atoms with van der Waals surface area (Å²) >= 11 is 0. The van der Waals surface area contributed by atoms with E-state index in [9.17, 15) is 9.59 Å². The molecule has 0 fully saturated rings. The Bertz CT molecular complexity index is 370. The summed E-state index contributed by atoms with van der Waals surface area (Å²) in [6, 6.07) is 0. The van der Waals surface area contributed by atoms with Gasteiger partial charge in [0.1, 0.15) is 13.2 Å². The van der Waals surface area contributed by atoms with Crippen LogP contribution in [0.2, 0.25) is 0 Å². The second-order valence-corrected chi connectivity index (χ2v) is 5.35. The van der Waals surface area contributed by atoms with Gasteiger partial charge in [-0.15, -0.1) is 0 Å². The Kier molecular flexibility index (Phi) is 21.3. The molecule has 0 saturated carbocycles. The van der Waals surface area contributed by atoms with E-state index in [1.54, 1.807) is 13.8 Å². The number of hydrogen-bond acceptors (Lipinski definition) is 6. The minimum absolute atomic E-state index is 0. The maximum absolute atomic E-state index is 10.8. The fraction of sp³-hybridized carbons (Fsp3) is 0.556. The summed E-state index contributed by atoms with van der Waals surface area (Å²) in [6.07, 6.45) is 1.14. The molecule has 1 radical (unpaired) electrons. The largest absolute Gasteiger partial charge is 0.460 e. The van der Waals surface area contributed by atoms with Crippen LogP contribution in [0.5, 0.6) is 0 Å². The molecule has 0 spiro atoms. The molecule has 0 bridgehead atoms. The van der Waals surface area contributed by atoms with E-state index in [2.05, 4.69) is 27.0 Å². The Balaban J connectivity index is -0.000000372. The van der Waals surface area contributed by atoms with Gasteiger partial charge < -0.3 is 33.5 Å². The molecule has 0 aromatic carbocycles. The summed E-state index contributed by atoms with van der Waals surface area (Å²) in [5, 5.41) is 18.3. The number of rotatable bonds is 10. The van der Waals surface area contributed by atoms with Crippen LogP contribution in [0.15, 0.2) is 24.3 Å². The quantitative estimate of drug-likeness (QED) is 0.313. The van der Waals surface area contributed by atoms with Gasteiger partial charge in [-0.1, -0.05) is 26.0 Å². The predicted octanol–water partition coefficient (Wildman–Crippen LogP) is 2.16. The van der Waals surface area contributed by atoms with Crippen molar-refractivity contribution in [2.75, 3.05) is 13.2 Å². The van der Waals surface area contributed by atoms with Gasteiger partial charge in [0.15, 0.2) is 0 Å². The van der Waals surface area contributed by atoms with Crippen molar-refractivity contribution in [3.05, 3.63) is 38.2 Å². The van der Waals surface area contributed by atoms with Crippen molar-refractivity contribution in [3.63, 3.8) is 0 Å². The molecule has 0 amide bonds. The molecule has 0 aromatic rings. The second kappa shape index (κ2) is 18.2. The van der Waals surface area contributed by atoms with Crippen molar-refractivity contribution in [2.24, 2.45) is 0 Å². The molecule has 6 nitrogen and oxygen atoms in total. The average Bonchev–Trinajstić information content (AvgIpc) is 2.51. The van der Waals surface area contributed by atoms with Crippen LogP contribution in [-0.4, -0.2) is 47.6 Å². The first-order valence-electron chi connectivity index (χ1n) is 7.75. The van der Waals surface area contributed by atoms with Crippen LogP contribution in [-0.2, 0) is 51.8 Å². The van der Waals surface area contributed by atoms with Crippen LogP contribution in [0.25, 0.3) is 0 Å². The van der Waals surface area contributed by atoms with Crippen molar-refractivity contribution in [3.8, 4) is 0 Å². The van der Waals surface area contributed by atoms with Crippen LogP contribution >= 0.6 is 0 Å². The van der Waals surface area contributed by atoms with Gasteiger partial charge in [0.25, 0.3) is 0 Å². The van der Waals surface area contributed by atoms with Crippen molar-refractivity contribution >= 4 is 11.9 Å². The van der Waals surface area contributed by atoms with E-state index in [0.29, 0.717) is 36.8 Å². The maximum Gasteiger partial charge on any atom is 0.333 e. The summed E-state index contributed by atoms with van der Waals surface area (Å²) in [5.74, 6) is -0.920. The van der Waals surface area contributed by atoms with E-state index in [4.69, 9.17) is 19.7 Å². The molecule has 143 valence electrons. The molecule has 0 rings (SSSR count). The van der Waals surface area contributed by atoms with Gasteiger partial charge in [-0.2, -0.15) is 12.8 Å². The molecular formula is C18H30O6Y-2. The maximum atomic E-state index is 10.8. The molecular weight excluding hydrogens is 401 g/mol. The first-order chi connectivity index (χ1) is 11.1. The monoisotopic (exact) mass is 431 g/mol. The molecule has 2 atom stereocenters. The van der Waals surface area contributed by atoms with Crippen LogP contribution in [0.4, 0.5) is 0 Å². The van der Waals surface area contributed by atoms with Crippen molar-refractivity contribution in [1.82, 2.24) is 0 Å². The van der Waals surface area contributed by atoms with Gasteiger partial charge >= 0.3 is 11.9 Å². The molecule has 25 heavy (non-hydrogen) atoms. The molecule has 2 N–H and O–H groups in total. The third-order valence-electron chi connectivity index (χ3n) is 2.59. The van der Waals surface area contributed by atoms with Crippen molar-refractivity contribution in [1.29, 1.82) is 0 Å². The molecule has 7 heteroatoms. The summed E-state index contributed by atoms with van der Waals surface area (Å²) < 4.78 is 9.40. The molecule has 0 aromatic heterocycles. The number of ether oxygens (including phenoxy) is 2. The molecule has 2 unspecified atom stereocenters. The Morgan fingerprint density at radius 2 is 1.16 bits per heavy atom. The zero-order chi connectivity index (χ0) is 19.1. The minimum Gasteiger partial charge on any atom is -0.460 e. The summed E-state index contributed by atoms with van der Waals surface area (Å²) in [7, 11) is 0. The number of aliphatic hydroxyl groups excluding tert-OH is 2. The molecule has 0 aliphatic rings. The zero-order valence-electron chi connectivity index (χ0n) is 15.3. The standard InChI is InChI=1S/2C9H15O3.Y/c2*1-4-5-8(10)6-12-9(11)7(2)3;/h2*8,10H,1-2,4-6H2,3H3;/q2*-1;. The first-order valence-corrected chi connectivity index (χ1v) is 7.75. The van der Waals surface area contributed by atoms with Gasteiger partial charge in [-0.05, 0) is 13.8 Å². The van der Waals surface area contributed by atoms with Gasteiger partial charge in [-0.3, -0.25) is 0 Å². The zero-order valence-corrected chi connectivity index (χ0v) is 18.2. The van der Waals surface area contributed by atoms with Gasteiger partial charge in [0, 0.05) is 43.9 Å². The minimum atomic E-state index is -0.606. The average molecular weight is 431 g/mol. The van der Waals surface area contributed by atoms with E-state index in [1.807, 2.05) is 0 Å². The third-order valence-corrected chi connectivity index (χ3v) is 2.59. The second-order valence-electron chi connectivity index (χ2n) is 5.35. The summed E-state index contributed by atoms with van der Waals surface area (Å²) in [4.78, 5) is 21.6.